The minimum Gasteiger partial charge on any atom is -0.390 e. The van der Waals surface area contributed by atoms with Crippen molar-refractivity contribution in [2.75, 3.05) is 13.1 Å². The number of piperidine rings is 1. The maximum atomic E-state index is 12.2. The number of hydrogen-bond donors (Lipinski definition) is 2. The molecule has 18 heavy (non-hydrogen) atoms. The lowest BCUT2D eigenvalue weighted by atomic mass is 9.90. The highest BCUT2D eigenvalue weighted by atomic mass is 16.3. The third-order valence-corrected chi connectivity index (χ3v) is 4.20. The third kappa shape index (κ3) is 2.27. The van der Waals surface area contributed by atoms with Gasteiger partial charge in [-0.3, -0.25) is 9.89 Å². The van der Waals surface area contributed by atoms with Crippen LogP contribution in [-0.2, 0) is 11.2 Å². The van der Waals surface area contributed by atoms with Crippen LogP contribution in [0.2, 0.25) is 0 Å². The summed E-state index contributed by atoms with van der Waals surface area (Å²) < 4.78 is 0. The van der Waals surface area contributed by atoms with Crippen LogP contribution < -0.4 is 0 Å². The summed E-state index contributed by atoms with van der Waals surface area (Å²) >= 11 is 0. The van der Waals surface area contributed by atoms with Gasteiger partial charge >= 0.3 is 0 Å². The molecule has 1 saturated heterocycles. The number of nitrogens with zero attached hydrogens (tertiary/aromatic N) is 2. The Morgan fingerprint density at radius 1 is 1.61 bits per heavy atom. The van der Waals surface area contributed by atoms with Crippen LogP contribution in [0.5, 0.6) is 0 Å². The quantitative estimate of drug-likeness (QED) is 0.829. The van der Waals surface area contributed by atoms with Crippen LogP contribution >= 0.6 is 0 Å². The normalized spacial score (nSPS) is 26.1. The largest absolute Gasteiger partial charge is 0.390 e. The topological polar surface area (TPSA) is 69.2 Å². The lowest BCUT2D eigenvalue weighted by Gasteiger charge is -2.35. The Kier molecular flexibility index (Phi) is 2.86. The zero-order valence-electron chi connectivity index (χ0n) is 10.4. The van der Waals surface area contributed by atoms with Gasteiger partial charge in [0.1, 0.15) is 0 Å². The molecule has 1 aromatic heterocycles. The summed E-state index contributed by atoms with van der Waals surface area (Å²) in [6, 6.07) is 1.83. The van der Waals surface area contributed by atoms with E-state index < -0.39 is 5.60 Å². The molecule has 0 bridgehead atoms. The van der Waals surface area contributed by atoms with Crippen molar-refractivity contribution >= 4 is 5.91 Å². The Balaban J connectivity index is 1.60. The predicted molar refractivity (Wildman–Crippen MR) is 65.8 cm³/mol. The van der Waals surface area contributed by atoms with E-state index in [1.807, 2.05) is 11.0 Å². The van der Waals surface area contributed by atoms with Crippen LogP contribution in [0.4, 0.5) is 0 Å². The molecule has 2 N–H and O–H groups in total. The van der Waals surface area contributed by atoms with Crippen molar-refractivity contribution in [1.29, 1.82) is 0 Å². The molecule has 2 heterocycles. The van der Waals surface area contributed by atoms with Crippen LogP contribution in [0.15, 0.2) is 12.3 Å². The average Bonchev–Trinajstić information content (AvgIpc) is 2.93. The molecule has 1 aliphatic carbocycles. The molecular formula is C13H19N3O2. The number of aromatic nitrogens is 2. The molecule has 1 atom stereocenters. The van der Waals surface area contributed by atoms with Gasteiger partial charge in [-0.25, -0.2) is 0 Å². The number of carbonyl (C=O) groups is 1. The Bertz CT molecular complexity index is 425. The zero-order valence-corrected chi connectivity index (χ0v) is 10.4. The molecule has 3 rings (SSSR count). The van der Waals surface area contributed by atoms with Crippen molar-refractivity contribution in [2.24, 2.45) is 5.92 Å². The fraction of sp³-hybridized carbons (Fsp3) is 0.692. The molecule has 0 spiro atoms. The molecule has 5 heteroatoms. The molecule has 1 amide bonds. The fourth-order valence-electron chi connectivity index (χ4n) is 2.84. The highest BCUT2D eigenvalue weighted by Crippen LogP contribution is 2.45. The first-order valence-electron chi connectivity index (χ1n) is 6.66. The number of nitrogens with one attached hydrogen (secondary N) is 1. The molecule has 2 fully saturated rings. The summed E-state index contributed by atoms with van der Waals surface area (Å²) in [4.78, 5) is 14.0. The average molecular weight is 249 g/mol. The molecule has 5 nitrogen and oxygen atoms in total. The fourth-order valence-corrected chi connectivity index (χ4v) is 2.84. The van der Waals surface area contributed by atoms with E-state index in [2.05, 4.69) is 10.2 Å². The number of amides is 1. The van der Waals surface area contributed by atoms with Gasteiger partial charge in [-0.2, -0.15) is 5.10 Å². The van der Waals surface area contributed by atoms with Crippen molar-refractivity contribution in [1.82, 2.24) is 15.1 Å². The van der Waals surface area contributed by atoms with Gasteiger partial charge in [-0.1, -0.05) is 0 Å². The van der Waals surface area contributed by atoms with Gasteiger partial charge in [0.15, 0.2) is 0 Å². The highest BCUT2D eigenvalue weighted by molar-refractivity contribution is 5.78. The Morgan fingerprint density at radius 2 is 2.44 bits per heavy atom. The molecule has 0 radical (unpaired) electrons. The second-order valence-corrected chi connectivity index (χ2v) is 5.54. The zero-order chi connectivity index (χ0) is 12.6. The summed E-state index contributed by atoms with van der Waals surface area (Å²) in [5.74, 6) is 0.408. The number of aromatic amines is 1. The van der Waals surface area contributed by atoms with Crippen LogP contribution in [0, 0.1) is 5.92 Å². The number of H-pyrrole nitrogens is 1. The number of hydrogen-bond acceptors (Lipinski definition) is 3. The van der Waals surface area contributed by atoms with Gasteiger partial charge in [0, 0.05) is 30.9 Å². The van der Waals surface area contributed by atoms with Gasteiger partial charge in [0.25, 0.3) is 0 Å². The van der Waals surface area contributed by atoms with Crippen LogP contribution in [-0.4, -0.2) is 44.8 Å². The van der Waals surface area contributed by atoms with Crippen LogP contribution in [0.1, 0.15) is 31.4 Å². The van der Waals surface area contributed by atoms with Crippen molar-refractivity contribution in [2.45, 2.75) is 37.7 Å². The number of rotatable bonds is 3. The summed E-state index contributed by atoms with van der Waals surface area (Å²) in [6.45, 7) is 1.53. The van der Waals surface area contributed by atoms with E-state index in [0.29, 0.717) is 13.0 Å². The van der Waals surface area contributed by atoms with E-state index in [0.717, 1.165) is 37.9 Å². The monoisotopic (exact) mass is 249 g/mol. The minimum atomic E-state index is -0.465. The molecule has 2 aliphatic rings. The minimum absolute atomic E-state index is 0.133. The van der Waals surface area contributed by atoms with Gasteiger partial charge in [0.05, 0.1) is 12.0 Å². The molecular weight excluding hydrogens is 230 g/mol. The van der Waals surface area contributed by atoms with Crippen molar-refractivity contribution in [3.63, 3.8) is 0 Å². The lowest BCUT2D eigenvalue weighted by Crippen LogP contribution is -2.44. The van der Waals surface area contributed by atoms with Gasteiger partial charge in [-0.05, 0) is 31.7 Å². The first-order chi connectivity index (χ1) is 8.67. The second kappa shape index (κ2) is 4.39. The molecule has 1 aliphatic heterocycles. The summed E-state index contributed by atoms with van der Waals surface area (Å²) in [5, 5.41) is 16.8. The number of carbonyl (C=O) groups excluding carboxylic acids is 1. The molecule has 1 unspecified atom stereocenters. The van der Waals surface area contributed by atoms with Crippen LogP contribution in [0.3, 0.4) is 0 Å². The molecule has 0 aromatic carbocycles. The predicted octanol–water partition coefficient (Wildman–Crippen LogP) is 0.716. The van der Waals surface area contributed by atoms with Crippen molar-refractivity contribution in [3.8, 4) is 0 Å². The number of likely N-dealkylation sites (tertiary alicyclic amines) is 1. The smallest absolute Gasteiger partial charge is 0.228 e. The van der Waals surface area contributed by atoms with E-state index in [1.54, 1.807) is 6.20 Å². The van der Waals surface area contributed by atoms with Crippen LogP contribution in [0.25, 0.3) is 0 Å². The van der Waals surface area contributed by atoms with Gasteiger partial charge in [0.2, 0.25) is 5.91 Å². The highest BCUT2D eigenvalue weighted by Gasteiger charge is 2.48. The van der Waals surface area contributed by atoms with Crippen molar-refractivity contribution in [3.05, 3.63) is 18.0 Å². The summed E-state index contributed by atoms with van der Waals surface area (Å²) in [6.07, 6.45) is 5.90. The van der Waals surface area contributed by atoms with E-state index >= 15 is 0 Å². The first-order valence-corrected chi connectivity index (χ1v) is 6.66. The third-order valence-electron chi connectivity index (χ3n) is 4.20. The first kappa shape index (κ1) is 11.7. The SMILES string of the molecule is O=C(Cc1ccn[nH]1)N1CCCC(C2(O)CC2)C1. The lowest BCUT2D eigenvalue weighted by molar-refractivity contribution is -0.133. The van der Waals surface area contributed by atoms with Crippen molar-refractivity contribution < 1.29 is 9.90 Å². The molecule has 1 aromatic rings. The van der Waals surface area contributed by atoms with Gasteiger partial charge < -0.3 is 10.0 Å². The maximum Gasteiger partial charge on any atom is 0.228 e. The maximum absolute atomic E-state index is 12.2. The van der Waals surface area contributed by atoms with E-state index in [4.69, 9.17) is 0 Å². The Morgan fingerprint density at radius 3 is 3.11 bits per heavy atom. The summed E-state index contributed by atoms with van der Waals surface area (Å²) in [5.41, 5.74) is 0.389. The van der Waals surface area contributed by atoms with Gasteiger partial charge in [-0.15, -0.1) is 0 Å². The standard InChI is InChI=1S/C13H19N3O2/c17-12(8-11-3-6-14-15-11)16-7-1-2-10(9-16)13(18)4-5-13/h3,6,10,18H,1-2,4-5,7-9H2,(H,14,15). The second-order valence-electron chi connectivity index (χ2n) is 5.54. The summed E-state index contributed by atoms with van der Waals surface area (Å²) in [7, 11) is 0. The van der Waals surface area contributed by atoms with E-state index in [1.165, 1.54) is 0 Å². The van der Waals surface area contributed by atoms with E-state index in [-0.39, 0.29) is 11.8 Å². The Hall–Kier alpha value is -1.36. The Labute approximate surface area is 106 Å². The molecule has 1 saturated carbocycles. The van der Waals surface area contributed by atoms with E-state index in [9.17, 15) is 9.90 Å². The number of aliphatic hydroxyl groups is 1. The molecule has 98 valence electrons.